The van der Waals surface area contributed by atoms with Crippen molar-refractivity contribution in [3.63, 3.8) is 0 Å². The number of rotatable bonds is 5. The molecule has 0 bridgehead atoms. The number of benzene rings is 1. The van der Waals surface area contributed by atoms with E-state index in [0.717, 1.165) is 17.3 Å². The molecule has 0 spiro atoms. The van der Waals surface area contributed by atoms with Crippen LogP contribution in [0.5, 0.6) is 5.75 Å². The molecule has 8 heteroatoms. The van der Waals surface area contributed by atoms with Crippen molar-refractivity contribution in [1.82, 2.24) is 10.9 Å². The van der Waals surface area contributed by atoms with Crippen molar-refractivity contribution >= 4 is 33.7 Å². The molecule has 7 nitrogen and oxygen atoms in total. The zero-order chi connectivity index (χ0) is 17.5. The van der Waals surface area contributed by atoms with Crippen molar-refractivity contribution in [1.29, 1.82) is 0 Å². The fourth-order valence-electron chi connectivity index (χ4n) is 2.68. The van der Waals surface area contributed by atoms with Crippen molar-refractivity contribution < 1.29 is 24.2 Å². The second kappa shape index (κ2) is 8.68. The molecule has 1 saturated carbocycles. The Balaban J connectivity index is 1.77. The number of hydrogen-bond acceptors (Lipinski definition) is 4. The number of aliphatic carboxylic acids is 1. The van der Waals surface area contributed by atoms with Crippen molar-refractivity contribution in [2.45, 2.75) is 25.7 Å². The molecule has 0 radical (unpaired) electrons. The summed E-state index contributed by atoms with van der Waals surface area (Å²) in [5.74, 6) is -2.76. The smallest absolute Gasteiger partial charge is 0.307 e. The molecule has 2 unspecified atom stereocenters. The Kier molecular flexibility index (Phi) is 6.60. The molecule has 2 atom stereocenters. The lowest BCUT2D eigenvalue weighted by Crippen LogP contribution is -2.49. The number of hydrazine groups is 1. The number of carboxylic acid groups (broad SMARTS) is 1. The number of carboxylic acids is 1. The highest BCUT2D eigenvalue weighted by molar-refractivity contribution is 9.10. The van der Waals surface area contributed by atoms with E-state index in [2.05, 4.69) is 26.8 Å². The number of carbonyl (C=O) groups excluding carboxylic acids is 2. The molecule has 2 amide bonds. The second-order valence-corrected chi connectivity index (χ2v) is 6.53. The number of hydrogen-bond donors (Lipinski definition) is 3. The van der Waals surface area contributed by atoms with Gasteiger partial charge in [0.2, 0.25) is 5.91 Å². The summed E-state index contributed by atoms with van der Waals surface area (Å²) in [5.41, 5.74) is 4.55. The van der Waals surface area contributed by atoms with E-state index in [1.807, 2.05) is 0 Å². The highest BCUT2D eigenvalue weighted by atomic mass is 79.9. The van der Waals surface area contributed by atoms with Gasteiger partial charge in [-0.1, -0.05) is 28.8 Å². The minimum Gasteiger partial charge on any atom is -0.484 e. The van der Waals surface area contributed by atoms with Crippen molar-refractivity contribution in [2.24, 2.45) is 11.8 Å². The molecule has 0 saturated heterocycles. The standard InChI is InChI=1S/C16H19BrN2O5/c17-10-5-7-11(8-6-10)24-9-14(20)18-19-15(21)12-3-1-2-4-13(12)16(22)23/h5-8,12-13H,1-4,9H2,(H,18,20)(H,19,21)(H,22,23). The summed E-state index contributed by atoms with van der Waals surface area (Å²) >= 11 is 3.29. The molecular formula is C16H19BrN2O5. The average molecular weight is 399 g/mol. The van der Waals surface area contributed by atoms with Crippen molar-refractivity contribution in [2.75, 3.05) is 6.61 Å². The molecule has 130 valence electrons. The Morgan fingerprint density at radius 3 is 2.33 bits per heavy atom. The Morgan fingerprint density at radius 1 is 1.08 bits per heavy atom. The molecule has 3 N–H and O–H groups in total. The SMILES string of the molecule is O=C(COc1ccc(Br)cc1)NNC(=O)C1CCCCC1C(=O)O. The van der Waals surface area contributed by atoms with Crippen molar-refractivity contribution in [3.8, 4) is 5.75 Å². The monoisotopic (exact) mass is 398 g/mol. The van der Waals surface area contributed by atoms with E-state index in [-0.39, 0.29) is 6.61 Å². The van der Waals surface area contributed by atoms with Gasteiger partial charge < -0.3 is 9.84 Å². The first-order chi connectivity index (χ1) is 11.5. The molecule has 0 aliphatic heterocycles. The van der Waals surface area contributed by atoms with Crippen LogP contribution in [0, 0.1) is 11.8 Å². The molecule has 0 heterocycles. The Morgan fingerprint density at radius 2 is 1.71 bits per heavy atom. The van der Waals surface area contributed by atoms with Crippen LogP contribution in [-0.4, -0.2) is 29.5 Å². The van der Waals surface area contributed by atoms with Gasteiger partial charge in [0.25, 0.3) is 5.91 Å². The molecule has 1 aromatic carbocycles. The minimum absolute atomic E-state index is 0.255. The van der Waals surface area contributed by atoms with E-state index in [1.54, 1.807) is 24.3 Å². The summed E-state index contributed by atoms with van der Waals surface area (Å²) in [7, 11) is 0. The van der Waals surface area contributed by atoms with E-state index in [4.69, 9.17) is 4.74 Å². The first-order valence-electron chi connectivity index (χ1n) is 7.67. The zero-order valence-corrected chi connectivity index (χ0v) is 14.5. The molecule has 1 aliphatic rings. The van der Waals surface area contributed by atoms with Gasteiger partial charge in [0, 0.05) is 4.47 Å². The molecule has 2 rings (SSSR count). The van der Waals surface area contributed by atoms with Crippen LogP contribution < -0.4 is 15.6 Å². The van der Waals surface area contributed by atoms with Gasteiger partial charge in [-0.3, -0.25) is 25.2 Å². The molecule has 1 fully saturated rings. The van der Waals surface area contributed by atoms with Crippen LogP contribution in [0.3, 0.4) is 0 Å². The van der Waals surface area contributed by atoms with E-state index in [9.17, 15) is 19.5 Å². The molecule has 0 aromatic heterocycles. The van der Waals surface area contributed by atoms with E-state index >= 15 is 0 Å². The third-order valence-electron chi connectivity index (χ3n) is 3.93. The normalized spacial score (nSPS) is 20.0. The number of halogens is 1. The lowest BCUT2D eigenvalue weighted by Gasteiger charge is -2.27. The van der Waals surface area contributed by atoms with Crippen LogP contribution in [0.1, 0.15) is 25.7 Å². The van der Waals surface area contributed by atoms with Crippen LogP contribution in [-0.2, 0) is 14.4 Å². The van der Waals surface area contributed by atoms with Crippen molar-refractivity contribution in [3.05, 3.63) is 28.7 Å². The summed E-state index contributed by atoms with van der Waals surface area (Å²) < 4.78 is 6.18. The van der Waals surface area contributed by atoms with E-state index in [0.29, 0.717) is 18.6 Å². The van der Waals surface area contributed by atoms with Gasteiger partial charge >= 0.3 is 5.97 Å². The fourth-order valence-corrected chi connectivity index (χ4v) is 2.94. The second-order valence-electron chi connectivity index (χ2n) is 5.62. The van der Waals surface area contributed by atoms with Gasteiger partial charge in [0.15, 0.2) is 6.61 Å². The predicted molar refractivity (Wildman–Crippen MR) is 89.0 cm³/mol. The maximum absolute atomic E-state index is 12.1. The van der Waals surface area contributed by atoms with Crippen LogP contribution in [0.15, 0.2) is 28.7 Å². The highest BCUT2D eigenvalue weighted by Crippen LogP contribution is 2.30. The first-order valence-corrected chi connectivity index (χ1v) is 8.46. The van der Waals surface area contributed by atoms with Crippen LogP contribution in [0.25, 0.3) is 0 Å². The third-order valence-corrected chi connectivity index (χ3v) is 4.46. The molecule has 1 aliphatic carbocycles. The Bertz CT molecular complexity index is 605. The summed E-state index contributed by atoms with van der Waals surface area (Å²) in [6.45, 7) is -0.255. The summed E-state index contributed by atoms with van der Waals surface area (Å²) in [6.07, 6.45) is 2.60. The highest BCUT2D eigenvalue weighted by Gasteiger charge is 2.35. The van der Waals surface area contributed by atoms with Crippen LogP contribution in [0.4, 0.5) is 0 Å². The average Bonchev–Trinajstić information content (AvgIpc) is 2.59. The fraction of sp³-hybridized carbons (Fsp3) is 0.438. The quantitative estimate of drug-likeness (QED) is 0.656. The Labute approximate surface area is 147 Å². The summed E-state index contributed by atoms with van der Waals surface area (Å²) in [6, 6.07) is 6.97. The van der Waals surface area contributed by atoms with Gasteiger partial charge in [0.05, 0.1) is 11.8 Å². The van der Waals surface area contributed by atoms with Gasteiger partial charge in [-0.15, -0.1) is 0 Å². The number of nitrogens with one attached hydrogen (secondary N) is 2. The topological polar surface area (TPSA) is 105 Å². The largest absolute Gasteiger partial charge is 0.484 e. The van der Waals surface area contributed by atoms with E-state index < -0.39 is 29.6 Å². The lowest BCUT2D eigenvalue weighted by molar-refractivity contribution is -0.149. The third kappa shape index (κ3) is 5.23. The Hall–Kier alpha value is -2.09. The van der Waals surface area contributed by atoms with E-state index in [1.165, 1.54) is 0 Å². The van der Waals surface area contributed by atoms with Gasteiger partial charge in [-0.2, -0.15) is 0 Å². The molecule has 24 heavy (non-hydrogen) atoms. The van der Waals surface area contributed by atoms with Gasteiger partial charge in [-0.25, -0.2) is 0 Å². The first kappa shape index (κ1) is 18.3. The summed E-state index contributed by atoms with van der Waals surface area (Å²) in [4.78, 5) is 35.0. The maximum Gasteiger partial charge on any atom is 0.307 e. The lowest BCUT2D eigenvalue weighted by atomic mass is 9.79. The minimum atomic E-state index is -0.972. The predicted octanol–water partition coefficient (Wildman–Crippen LogP) is 1.87. The molecular weight excluding hydrogens is 380 g/mol. The van der Waals surface area contributed by atoms with Gasteiger partial charge in [-0.05, 0) is 37.1 Å². The number of carbonyl (C=O) groups is 3. The van der Waals surface area contributed by atoms with Crippen LogP contribution in [0.2, 0.25) is 0 Å². The zero-order valence-electron chi connectivity index (χ0n) is 13.0. The summed E-state index contributed by atoms with van der Waals surface area (Å²) in [5, 5.41) is 9.17. The molecule has 1 aromatic rings. The number of amides is 2. The maximum atomic E-state index is 12.1. The number of ether oxygens (including phenoxy) is 1. The van der Waals surface area contributed by atoms with Crippen LogP contribution >= 0.6 is 15.9 Å². The van der Waals surface area contributed by atoms with Gasteiger partial charge in [0.1, 0.15) is 5.75 Å².